The summed E-state index contributed by atoms with van der Waals surface area (Å²) in [6.45, 7) is 7.63. The Morgan fingerprint density at radius 1 is 1.55 bits per heavy atom. The first-order valence-electron chi connectivity index (χ1n) is 4.07. The molecule has 0 amide bonds. The Kier molecular flexibility index (Phi) is 1.94. The van der Waals surface area contributed by atoms with Gasteiger partial charge in [0.25, 0.3) is 0 Å². The van der Waals surface area contributed by atoms with Crippen LogP contribution in [0.15, 0.2) is 0 Å². The summed E-state index contributed by atoms with van der Waals surface area (Å²) in [6.07, 6.45) is 1.04. The minimum Gasteiger partial charge on any atom is -0.380 e. The van der Waals surface area contributed by atoms with Gasteiger partial charge >= 0.3 is 0 Å². The molecule has 62 valence electrons. The predicted molar refractivity (Wildman–Crippen MR) is 42.9 cm³/mol. The summed E-state index contributed by atoms with van der Waals surface area (Å²) in [5.74, 6) is 0. The lowest BCUT2D eigenvalue weighted by molar-refractivity contribution is -0.160. The van der Waals surface area contributed by atoms with Crippen molar-refractivity contribution in [1.29, 1.82) is 5.26 Å². The van der Waals surface area contributed by atoms with Gasteiger partial charge in [0.05, 0.1) is 24.7 Å². The average Bonchev–Trinajstić information content (AvgIpc) is 1.86. The molecular formula is C9H15NO. The van der Waals surface area contributed by atoms with Crippen molar-refractivity contribution < 1.29 is 4.74 Å². The van der Waals surface area contributed by atoms with Gasteiger partial charge in [0, 0.05) is 5.41 Å². The highest BCUT2D eigenvalue weighted by molar-refractivity contribution is 5.07. The summed E-state index contributed by atoms with van der Waals surface area (Å²) in [6, 6.07) is 2.36. The first-order valence-corrected chi connectivity index (χ1v) is 4.07. The van der Waals surface area contributed by atoms with Gasteiger partial charge in [-0.15, -0.1) is 0 Å². The highest BCUT2D eigenvalue weighted by Crippen LogP contribution is 2.46. The van der Waals surface area contributed by atoms with E-state index in [9.17, 15) is 0 Å². The predicted octanol–water partition coefficient (Wildman–Crippen LogP) is 1.96. The minimum atomic E-state index is -0.236. The fourth-order valence-electron chi connectivity index (χ4n) is 1.47. The van der Waals surface area contributed by atoms with Crippen LogP contribution in [0.2, 0.25) is 0 Å². The zero-order valence-corrected chi connectivity index (χ0v) is 7.48. The SMILES string of the molecule is CCC1(C(C)(C)C#N)COC1. The maximum atomic E-state index is 8.92. The Bertz CT molecular complexity index is 181. The van der Waals surface area contributed by atoms with Crippen molar-refractivity contribution in [1.82, 2.24) is 0 Å². The second-order valence-electron chi connectivity index (χ2n) is 3.86. The van der Waals surface area contributed by atoms with Crippen LogP contribution in [0, 0.1) is 22.2 Å². The van der Waals surface area contributed by atoms with E-state index >= 15 is 0 Å². The lowest BCUT2D eigenvalue weighted by Crippen LogP contribution is -2.52. The Morgan fingerprint density at radius 3 is 2.18 bits per heavy atom. The Labute approximate surface area is 68.2 Å². The number of ether oxygens (including phenoxy) is 1. The first-order chi connectivity index (χ1) is 5.08. The number of nitriles is 1. The maximum Gasteiger partial charge on any atom is 0.0691 e. The lowest BCUT2D eigenvalue weighted by Gasteiger charge is -2.48. The summed E-state index contributed by atoms with van der Waals surface area (Å²) in [5.41, 5.74) is -0.109. The van der Waals surface area contributed by atoms with Crippen LogP contribution >= 0.6 is 0 Å². The monoisotopic (exact) mass is 153 g/mol. The zero-order valence-electron chi connectivity index (χ0n) is 7.48. The molecule has 0 aromatic heterocycles. The number of nitrogens with zero attached hydrogens (tertiary/aromatic N) is 1. The molecule has 0 bridgehead atoms. The van der Waals surface area contributed by atoms with Crippen molar-refractivity contribution >= 4 is 0 Å². The smallest absolute Gasteiger partial charge is 0.0691 e. The van der Waals surface area contributed by atoms with Gasteiger partial charge in [0.2, 0.25) is 0 Å². The van der Waals surface area contributed by atoms with E-state index in [1.165, 1.54) is 0 Å². The van der Waals surface area contributed by atoms with Gasteiger partial charge in [-0.2, -0.15) is 5.26 Å². The van der Waals surface area contributed by atoms with Crippen LogP contribution in [0.1, 0.15) is 27.2 Å². The van der Waals surface area contributed by atoms with E-state index in [4.69, 9.17) is 10.00 Å². The average molecular weight is 153 g/mol. The van der Waals surface area contributed by atoms with Gasteiger partial charge in [-0.25, -0.2) is 0 Å². The highest BCUT2D eigenvalue weighted by atomic mass is 16.5. The molecule has 2 heteroatoms. The van der Waals surface area contributed by atoms with Crippen LogP contribution in [0.3, 0.4) is 0 Å². The topological polar surface area (TPSA) is 33.0 Å². The van der Waals surface area contributed by atoms with Crippen LogP contribution in [0.4, 0.5) is 0 Å². The van der Waals surface area contributed by atoms with Crippen LogP contribution in [-0.2, 0) is 4.74 Å². The molecule has 0 spiro atoms. The van der Waals surface area contributed by atoms with Gasteiger partial charge in [-0.1, -0.05) is 6.92 Å². The van der Waals surface area contributed by atoms with Crippen molar-refractivity contribution in [2.75, 3.05) is 13.2 Å². The summed E-state index contributed by atoms with van der Waals surface area (Å²) < 4.78 is 5.17. The van der Waals surface area contributed by atoms with E-state index in [0.29, 0.717) is 0 Å². The molecule has 0 unspecified atom stereocenters. The van der Waals surface area contributed by atoms with Crippen molar-refractivity contribution in [3.8, 4) is 6.07 Å². The van der Waals surface area contributed by atoms with E-state index < -0.39 is 0 Å². The molecule has 1 saturated heterocycles. The summed E-state index contributed by atoms with van der Waals surface area (Å²) >= 11 is 0. The Hall–Kier alpha value is -0.550. The van der Waals surface area contributed by atoms with Crippen molar-refractivity contribution in [2.45, 2.75) is 27.2 Å². The largest absolute Gasteiger partial charge is 0.380 e. The normalized spacial score (nSPS) is 22.0. The van der Waals surface area contributed by atoms with Crippen LogP contribution in [-0.4, -0.2) is 13.2 Å². The molecule has 0 aromatic carbocycles. The molecule has 1 heterocycles. The molecule has 1 aliphatic heterocycles. The summed E-state index contributed by atoms with van der Waals surface area (Å²) in [7, 11) is 0. The summed E-state index contributed by atoms with van der Waals surface area (Å²) in [4.78, 5) is 0. The van der Waals surface area contributed by atoms with Crippen molar-refractivity contribution in [3.05, 3.63) is 0 Å². The molecule has 1 rings (SSSR count). The number of rotatable bonds is 2. The molecular weight excluding hydrogens is 138 g/mol. The van der Waals surface area contributed by atoms with Crippen LogP contribution < -0.4 is 0 Å². The quantitative estimate of drug-likeness (QED) is 0.607. The molecule has 0 radical (unpaired) electrons. The Balaban J connectivity index is 2.78. The third-order valence-electron chi connectivity index (χ3n) is 3.04. The third kappa shape index (κ3) is 1.04. The second kappa shape index (κ2) is 2.49. The molecule has 0 saturated carbocycles. The second-order valence-corrected chi connectivity index (χ2v) is 3.86. The third-order valence-corrected chi connectivity index (χ3v) is 3.04. The number of hydrogen-bond acceptors (Lipinski definition) is 2. The molecule has 1 fully saturated rings. The molecule has 2 nitrogen and oxygen atoms in total. The molecule has 0 N–H and O–H groups in total. The van der Waals surface area contributed by atoms with Gasteiger partial charge < -0.3 is 4.74 Å². The minimum absolute atomic E-state index is 0.127. The molecule has 11 heavy (non-hydrogen) atoms. The van der Waals surface area contributed by atoms with Gasteiger partial charge in [-0.3, -0.25) is 0 Å². The Morgan fingerprint density at radius 2 is 2.09 bits per heavy atom. The van der Waals surface area contributed by atoms with Gasteiger partial charge in [0.15, 0.2) is 0 Å². The summed E-state index contributed by atoms with van der Waals surface area (Å²) in [5, 5.41) is 8.92. The van der Waals surface area contributed by atoms with E-state index in [0.717, 1.165) is 19.6 Å². The zero-order chi connectivity index (χ0) is 8.54. The van der Waals surface area contributed by atoms with E-state index in [1.807, 2.05) is 13.8 Å². The van der Waals surface area contributed by atoms with Crippen LogP contribution in [0.25, 0.3) is 0 Å². The number of hydrogen-bond donors (Lipinski definition) is 0. The fraction of sp³-hybridized carbons (Fsp3) is 0.889. The van der Waals surface area contributed by atoms with Crippen molar-refractivity contribution in [2.24, 2.45) is 10.8 Å². The first kappa shape index (κ1) is 8.55. The fourth-order valence-corrected chi connectivity index (χ4v) is 1.47. The molecule has 0 atom stereocenters. The van der Waals surface area contributed by atoms with E-state index in [-0.39, 0.29) is 10.8 Å². The molecule has 1 aliphatic rings. The van der Waals surface area contributed by atoms with E-state index in [2.05, 4.69) is 13.0 Å². The van der Waals surface area contributed by atoms with E-state index in [1.54, 1.807) is 0 Å². The highest BCUT2D eigenvalue weighted by Gasteiger charge is 2.49. The standard InChI is InChI=1S/C9H15NO/c1-4-9(6-11-7-9)8(2,3)5-10/h4,6-7H2,1-3H3. The van der Waals surface area contributed by atoms with Crippen molar-refractivity contribution in [3.63, 3.8) is 0 Å². The molecule has 0 aliphatic carbocycles. The van der Waals surface area contributed by atoms with Gasteiger partial charge in [0.1, 0.15) is 0 Å². The lowest BCUT2D eigenvalue weighted by atomic mass is 9.63. The molecule has 0 aromatic rings. The van der Waals surface area contributed by atoms with Gasteiger partial charge in [-0.05, 0) is 20.3 Å². The van der Waals surface area contributed by atoms with Crippen LogP contribution in [0.5, 0.6) is 0 Å². The maximum absolute atomic E-state index is 8.92.